The SMILES string of the molecule is CCC(C)N(C)CC(N)c1ccc(OC)cc1OC. The van der Waals surface area contributed by atoms with Crippen LogP contribution in [0.4, 0.5) is 0 Å². The summed E-state index contributed by atoms with van der Waals surface area (Å²) >= 11 is 0. The minimum Gasteiger partial charge on any atom is -0.497 e. The molecule has 0 aliphatic carbocycles. The molecule has 2 N–H and O–H groups in total. The van der Waals surface area contributed by atoms with Crippen molar-refractivity contribution in [3.8, 4) is 11.5 Å². The van der Waals surface area contributed by atoms with Crippen LogP contribution >= 0.6 is 0 Å². The van der Waals surface area contributed by atoms with Gasteiger partial charge in [0.15, 0.2) is 0 Å². The Morgan fingerprint density at radius 2 is 1.95 bits per heavy atom. The molecule has 4 heteroatoms. The van der Waals surface area contributed by atoms with Crippen LogP contribution in [0.5, 0.6) is 11.5 Å². The van der Waals surface area contributed by atoms with Crippen molar-refractivity contribution in [1.82, 2.24) is 4.90 Å². The number of hydrogen-bond donors (Lipinski definition) is 1. The molecular weight excluding hydrogens is 240 g/mol. The van der Waals surface area contributed by atoms with Gasteiger partial charge in [0.05, 0.1) is 14.2 Å². The lowest BCUT2D eigenvalue weighted by atomic mass is 10.0. The Kier molecular flexibility index (Phi) is 6.12. The summed E-state index contributed by atoms with van der Waals surface area (Å²) in [5.41, 5.74) is 7.31. The Balaban J connectivity index is 2.84. The molecule has 2 atom stereocenters. The molecule has 0 radical (unpaired) electrons. The lowest BCUT2D eigenvalue weighted by Gasteiger charge is -2.27. The highest BCUT2D eigenvalue weighted by Crippen LogP contribution is 2.29. The van der Waals surface area contributed by atoms with Gasteiger partial charge >= 0.3 is 0 Å². The highest BCUT2D eigenvalue weighted by atomic mass is 16.5. The van der Waals surface area contributed by atoms with Gasteiger partial charge in [0.25, 0.3) is 0 Å². The summed E-state index contributed by atoms with van der Waals surface area (Å²) in [6, 6.07) is 6.22. The Labute approximate surface area is 116 Å². The number of methoxy groups -OCH3 is 2. The second-order valence-electron chi connectivity index (χ2n) is 4.91. The number of nitrogens with zero attached hydrogens (tertiary/aromatic N) is 1. The fourth-order valence-corrected chi connectivity index (χ4v) is 2.02. The average Bonchev–Trinajstić information content (AvgIpc) is 2.45. The van der Waals surface area contributed by atoms with Crippen molar-refractivity contribution in [2.24, 2.45) is 5.73 Å². The van der Waals surface area contributed by atoms with Gasteiger partial charge in [-0.1, -0.05) is 13.0 Å². The molecule has 4 nitrogen and oxygen atoms in total. The fourth-order valence-electron chi connectivity index (χ4n) is 2.02. The van der Waals surface area contributed by atoms with Crippen molar-refractivity contribution in [3.63, 3.8) is 0 Å². The summed E-state index contributed by atoms with van der Waals surface area (Å²) in [5, 5.41) is 0. The van der Waals surface area contributed by atoms with Crippen LogP contribution < -0.4 is 15.2 Å². The predicted octanol–water partition coefficient (Wildman–Crippen LogP) is 2.43. The fraction of sp³-hybridized carbons (Fsp3) is 0.600. The monoisotopic (exact) mass is 266 g/mol. The Bertz CT molecular complexity index is 396. The number of rotatable bonds is 7. The van der Waals surface area contributed by atoms with Crippen molar-refractivity contribution in [1.29, 1.82) is 0 Å². The van der Waals surface area contributed by atoms with E-state index in [1.54, 1.807) is 14.2 Å². The standard InChI is InChI=1S/C15H26N2O2/c1-6-11(2)17(3)10-14(16)13-8-7-12(18-4)9-15(13)19-5/h7-9,11,14H,6,10,16H2,1-5H3. The van der Waals surface area contributed by atoms with E-state index in [0.29, 0.717) is 6.04 Å². The third kappa shape index (κ3) is 4.11. The van der Waals surface area contributed by atoms with Gasteiger partial charge in [-0.25, -0.2) is 0 Å². The molecule has 1 rings (SSSR count). The molecule has 0 heterocycles. The van der Waals surface area contributed by atoms with E-state index in [2.05, 4.69) is 25.8 Å². The van der Waals surface area contributed by atoms with Crippen molar-refractivity contribution in [2.45, 2.75) is 32.4 Å². The molecule has 0 aromatic heterocycles. The highest BCUT2D eigenvalue weighted by molar-refractivity contribution is 5.42. The van der Waals surface area contributed by atoms with Crippen LogP contribution in [0.15, 0.2) is 18.2 Å². The molecule has 0 saturated heterocycles. The van der Waals surface area contributed by atoms with Crippen molar-refractivity contribution >= 4 is 0 Å². The van der Waals surface area contributed by atoms with Crippen LogP contribution in [0.2, 0.25) is 0 Å². The zero-order valence-corrected chi connectivity index (χ0v) is 12.6. The van der Waals surface area contributed by atoms with Crippen molar-refractivity contribution in [3.05, 3.63) is 23.8 Å². The maximum absolute atomic E-state index is 6.29. The summed E-state index contributed by atoms with van der Waals surface area (Å²) in [6.45, 7) is 5.19. The molecular formula is C15H26N2O2. The van der Waals surface area contributed by atoms with Crippen LogP contribution in [0.25, 0.3) is 0 Å². The quantitative estimate of drug-likeness (QED) is 0.823. The van der Waals surface area contributed by atoms with E-state index in [0.717, 1.165) is 30.0 Å². The maximum Gasteiger partial charge on any atom is 0.127 e. The first kappa shape index (κ1) is 15.8. The Hall–Kier alpha value is -1.26. The Morgan fingerprint density at radius 3 is 2.47 bits per heavy atom. The summed E-state index contributed by atoms with van der Waals surface area (Å²) in [6.07, 6.45) is 1.11. The lowest BCUT2D eigenvalue weighted by Crippen LogP contribution is -2.35. The molecule has 0 spiro atoms. The van der Waals surface area contributed by atoms with Gasteiger partial charge in [0.1, 0.15) is 11.5 Å². The zero-order chi connectivity index (χ0) is 14.4. The normalized spacial score (nSPS) is 14.3. The average molecular weight is 266 g/mol. The number of likely N-dealkylation sites (N-methyl/N-ethyl adjacent to an activating group) is 1. The first-order valence-electron chi connectivity index (χ1n) is 6.71. The van der Waals surface area contributed by atoms with Crippen LogP contribution in [0.1, 0.15) is 31.9 Å². The van der Waals surface area contributed by atoms with Crippen LogP contribution in [-0.4, -0.2) is 38.8 Å². The van der Waals surface area contributed by atoms with E-state index in [-0.39, 0.29) is 6.04 Å². The molecule has 0 bridgehead atoms. The summed E-state index contributed by atoms with van der Waals surface area (Å²) < 4.78 is 10.6. The molecule has 0 aliphatic heterocycles. The van der Waals surface area contributed by atoms with Crippen molar-refractivity contribution in [2.75, 3.05) is 27.8 Å². The summed E-state index contributed by atoms with van der Waals surface area (Å²) in [4.78, 5) is 2.27. The smallest absolute Gasteiger partial charge is 0.127 e. The first-order valence-corrected chi connectivity index (χ1v) is 6.71. The minimum absolute atomic E-state index is 0.0696. The predicted molar refractivity (Wildman–Crippen MR) is 78.9 cm³/mol. The first-order chi connectivity index (χ1) is 9.03. The summed E-state index contributed by atoms with van der Waals surface area (Å²) in [7, 11) is 5.40. The molecule has 108 valence electrons. The van der Waals surface area contributed by atoms with Gasteiger partial charge in [-0.2, -0.15) is 0 Å². The lowest BCUT2D eigenvalue weighted by molar-refractivity contribution is 0.236. The van der Waals surface area contributed by atoms with Crippen molar-refractivity contribution < 1.29 is 9.47 Å². The molecule has 0 fully saturated rings. The van der Waals surface area contributed by atoms with E-state index in [9.17, 15) is 0 Å². The second-order valence-corrected chi connectivity index (χ2v) is 4.91. The molecule has 19 heavy (non-hydrogen) atoms. The highest BCUT2D eigenvalue weighted by Gasteiger charge is 2.17. The summed E-state index contributed by atoms with van der Waals surface area (Å²) in [5.74, 6) is 1.56. The van der Waals surface area contributed by atoms with E-state index in [1.807, 2.05) is 18.2 Å². The van der Waals surface area contributed by atoms with Crippen LogP contribution in [0.3, 0.4) is 0 Å². The van der Waals surface area contributed by atoms with Gasteiger partial charge in [0.2, 0.25) is 0 Å². The number of ether oxygens (including phenoxy) is 2. The van der Waals surface area contributed by atoms with E-state index in [4.69, 9.17) is 15.2 Å². The molecule has 1 aromatic carbocycles. The molecule has 0 aliphatic rings. The van der Waals surface area contributed by atoms with E-state index >= 15 is 0 Å². The zero-order valence-electron chi connectivity index (χ0n) is 12.6. The van der Waals surface area contributed by atoms with Gasteiger partial charge in [0, 0.05) is 30.3 Å². The number of hydrogen-bond acceptors (Lipinski definition) is 4. The Morgan fingerprint density at radius 1 is 1.26 bits per heavy atom. The largest absolute Gasteiger partial charge is 0.497 e. The molecule has 1 aromatic rings. The van der Waals surface area contributed by atoms with Gasteiger partial charge in [-0.15, -0.1) is 0 Å². The molecule has 0 saturated carbocycles. The van der Waals surface area contributed by atoms with Crippen LogP contribution in [0, 0.1) is 0 Å². The van der Waals surface area contributed by atoms with Gasteiger partial charge in [-0.3, -0.25) is 0 Å². The number of benzene rings is 1. The molecule has 2 unspecified atom stereocenters. The van der Waals surface area contributed by atoms with Crippen LogP contribution in [-0.2, 0) is 0 Å². The van der Waals surface area contributed by atoms with Gasteiger partial charge < -0.3 is 20.1 Å². The topological polar surface area (TPSA) is 47.7 Å². The number of nitrogens with two attached hydrogens (primary N) is 1. The third-order valence-electron chi connectivity index (χ3n) is 3.67. The molecule has 0 amide bonds. The second kappa shape index (κ2) is 7.36. The maximum atomic E-state index is 6.29. The van der Waals surface area contributed by atoms with E-state index < -0.39 is 0 Å². The third-order valence-corrected chi connectivity index (χ3v) is 3.67. The minimum atomic E-state index is -0.0696. The van der Waals surface area contributed by atoms with Gasteiger partial charge in [-0.05, 0) is 26.5 Å². The van der Waals surface area contributed by atoms with E-state index in [1.165, 1.54) is 0 Å².